The molecule has 0 atom stereocenters. The summed E-state index contributed by atoms with van der Waals surface area (Å²) in [6.07, 6.45) is 7.97. The SMILES string of the molecule is Cc1cccc[n+]1CC(=O)C1CCCCC1. The fraction of sp³-hybridized carbons (Fsp3) is 0.571. The fourth-order valence-electron chi connectivity index (χ4n) is 2.46. The maximum atomic E-state index is 12.1. The first kappa shape index (κ1) is 11.3. The van der Waals surface area contributed by atoms with E-state index in [2.05, 4.69) is 4.57 Å². The molecule has 1 aromatic heterocycles. The average Bonchev–Trinajstić information content (AvgIpc) is 2.33. The number of rotatable bonds is 3. The van der Waals surface area contributed by atoms with Crippen LogP contribution in [0.3, 0.4) is 0 Å². The molecule has 86 valence electrons. The third-order valence-corrected chi connectivity index (χ3v) is 3.55. The number of aromatic nitrogens is 1. The van der Waals surface area contributed by atoms with Gasteiger partial charge in [-0.2, -0.15) is 4.57 Å². The summed E-state index contributed by atoms with van der Waals surface area (Å²) in [5.41, 5.74) is 1.16. The van der Waals surface area contributed by atoms with Crippen LogP contribution in [0.1, 0.15) is 37.8 Å². The molecule has 16 heavy (non-hydrogen) atoms. The molecule has 1 fully saturated rings. The van der Waals surface area contributed by atoms with Crippen LogP contribution in [0.25, 0.3) is 0 Å². The van der Waals surface area contributed by atoms with Gasteiger partial charge in [0.15, 0.2) is 11.9 Å². The van der Waals surface area contributed by atoms with Crippen molar-refractivity contribution in [2.75, 3.05) is 0 Å². The highest BCUT2D eigenvalue weighted by atomic mass is 16.1. The highest BCUT2D eigenvalue weighted by molar-refractivity contribution is 5.79. The first-order valence-corrected chi connectivity index (χ1v) is 6.25. The lowest BCUT2D eigenvalue weighted by molar-refractivity contribution is -0.690. The molecular weight excluding hydrogens is 198 g/mol. The van der Waals surface area contributed by atoms with Gasteiger partial charge in [0.2, 0.25) is 12.3 Å². The molecule has 0 amide bonds. The van der Waals surface area contributed by atoms with Gasteiger partial charge in [-0.25, -0.2) is 0 Å². The molecule has 1 aliphatic carbocycles. The van der Waals surface area contributed by atoms with E-state index in [1.807, 2.05) is 31.3 Å². The van der Waals surface area contributed by atoms with E-state index < -0.39 is 0 Å². The second-order valence-corrected chi connectivity index (χ2v) is 4.77. The van der Waals surface area contributed by atoms with Gasteiger partial charge in [-0.15, -0.1) is 0 Å². The van der Waals surface area contributed by atoms with Gasteiger partial charge in [0.05, 0.1) is 0 Å². The Morgan fingerprint density at radius 2 is 2.06 bits per heavy atom. The molecule has 0 saturated heterocycles. The van der Waals surface area contributed by atoms with Crippen molar-refractivity contribution in [2.45, 2.75) is 45.6 Å². The lowest BCUT2D eigenvalue weighted by Gasteiger charge is -2.18. The van der Waals surface area contributed by atoms with Crippen LogP contribution >= 0.6 is 0 Å². The van der Waals surface area contributed by atoms with Crippen LogP contribution in [0.4, 0.5) is 0 Å². The number of nitrogens with zero attached hydrogens (tertiary/aromatic N) is 1. The largest absolute Gasteiger partial charge is 0.292 e. The molecule has 0 aromatic carbocycles. The number of hydrogen-bond donors (Lipinski definition) is 0. The van der Waals surface area contributed by atoms with Gasteiger partial charge in [0.1, 0.15) is 0 Å². The molecule has 1 saturated carbocycles. The molecule has 0 radical (unpaired) electrons. The summed E-state index contributed by atoms with van der Waals surface area (Å²) >= 11 is 0. The van der Waals surface area contributed by atoms with Crippen LogP contribution < -0.4 is 4.57 Å². The molecule has 2 rings (SSSR count). The Labute approximate surface area is 97.3 Å². The van der Waals surface area contributed by atoms with Crippen molar-refractivity contribution >= 4 is 5.78 Å². The van der Waals surface area contributed by atoms with Crippen molar-refractivity contribution in [3.63, 3.8) is 0 Å². The predicted molar refractivity (Wildman–Crippen MR) is 63.0 cm³/mol. The predicted octanol–water partition coefficient (Wildman–Crippen LogP) is 2.43. The van der Waals surface area contributed by atoms with Crippen LogP contribution in [-0.2, 0) is 11.3 Å². The molecule has 1 aliphatic rings. The van der Waals surface area contributed by atoms with Crippen molar-refractivity contribution < 1.29 is 9.36 Å². The zero-order valence-corrected chi connectivity index (χ0v) is 9.98. The summed E-state index contributed by atoms with van der Waals surface area (Å²) in [7, 11) is 0. The minimum absolute atomic E-state index is 0.320. The standard InChI is InChI=1S/C14H20NO/c1-12-7-5-6-10-15(12)11-14(16)13-8-3-2-4-9-13/h5-7,10,13H,2-4,8-9,11H2,1H3/q+1. The van der Waals surface area contributed by atoms with E-state index in [4.69, 9.17) is 0 Å². The van der Waals surface area contributed by atoms with Crippen LogP contribution in [0.15, 0.2) is 24.4 Å². The first-order chi connectivity index (χ1) is 7.77. The van der Waals surface area contributed by atoms with E-state index in [0.717, 1.165) is 18.5 Å². The monoisotopic (exact) mass is 218 g/mol. The normalized spacial score (nSPS) is 17.3. The number of hydrogen-bond acceptors (Lipinski definition) is 1. The molecule has 1 aromatic rings. The van der Waals surface area contributed by atoms with Crippen LogP contribution in [0.2, 0.25) is 0 Å². The Morgan fingerprint density at radius 1 is 1.31 bits per heavy atom. The quantitative estimate of drug-likeness (QED) is 0.714. The molecule has 2 heteroatoms. The molecule has 0 N–H and O–H groups in total. The molecule has 0 spiro atoms. The van der Waals surface area contributed by atoms with E-state index in [0.29, 0.717) is 18.2 Å². The summed E-state index contributed by atoms with van der Waals surface area (Å²) in [6.45, 7) is 2.60. The summed E-state index contributed by atoms with van der Waals surface area (Å²) in [5.74, 6) is 0.736. The second kappa shape index (κ2) is 5.24. The van der Waals surface area contributed by atoms with Gasteiger partial charge in [-0.3, -0.25) is 4.79 Å². The Morgan fingerprint density at radius 3 is 2.75 bits per heavy atom. The van der Waals surface area contributed by atoms with E-state index in [1.54, 1.807) is 0 Å². The van der Waals surface area contributed by atoms with Gasteiger partial charge >= 0.3 is 0 Å². The van der Waals surface area contributed by atoms with Gasteiger partial charge in [-0.1, -0.05) is 25.3 Å². The average molecular weight is 218 g/mol. The zero-order chi connectivity index (χ0) is 11.4. The van der Waals surface area contributed by atoms with Gasteiger partial charge in [0.25, 0.3) is 0 Å². The summed E-state index contributed by atoms with van der Waals surface area (Å²) in [4.78, 5) is 12.1. The maximum absolute atomic E-state index is 12.1. The minimum Gasteiger partial charge on any atom is -0.292 e. The lowest BCUT2D eigenvalue weighted by atomic mass is 9.86. The van der Waals surface area contributed by atoms with Crippen molar-refractivity contribution in [3.05, 3.63) is 30.1 Å². The Bertz CT molecular complexity index is 367. The number of carbonyl (C=O) groups is 1. The molecular formula is C14H20NO+. The van der Waals surface area contributed by atoms with Crippen molar-refractivity contribution in [1.82, 2.24) is 0 Å². The number of Topliss-reactive ketones (excluding diaryl/α,β-unsaturated/α-hetero) is 1. The van der Waals surface area contributed by atoms with Crippen molar-refractivity contribution in [2.24, 2.45) is 5.92 Å². The van der Waals surface area contributed by atoms with Gasteiger partial charge in [-0.05, 0) is 12.8 Å². The smallest absolute Gasteiger partial charge is 0.206 e. The number of aryl methyl sites for hydroxylation is 1. The van der Waals surface area contributed by atoms with Crippen molar-refractivity contribution in [3.8, 4) is 0 Å². The first-order valence-electron chi connectivity index (χ1n) is 6.25. The maximum Gasteiger partial charge on any atom is 0.206 e. The number of carbonyl (C=O) groups excluding carboxylic acids is 1. The fourth-order valence-corrected chi connectivity index (χ4v) is 2.46. The van der Waals surface area contributed by atoms with E-state index in [1.165, 1.54) is 19.3 Å². The Balaban J connectivity index is 1.99. The highest BCUT2D eigenvalue weighted by Crippen LogP contribution is 2.24. The van der Waals surface area contributed by atoms with Crippen molar-refractivity contribution in [1.29, 1.82) is 0 Å². The second-order valence-electron chi connectivity index (χ2n) is 4.77. The van der Waals surface area contributed by atoms with E-state index in [9.17, 15) is 4.79 Å². The van der Waals surface area contributed by atoms with Gasteiger partial charge < -0.3 is 0 Å². The lowest BCUT2D eigenvalue weighted by Crippen LogP contribution is -2.42. The molecule has 2 nitrogen and oxygen atoms in total. The molecule has 1 heterocycles. The third-order valence-electron chi connectivity index (χ3n) is 3.55. The summed E-state index contributed by atoms with van der Waals surface area (Å²) in [6, 6.07) is 6.05. The number of pyridine rings is 1. The van der Waals surface area contributed by atoms with E-state index >= 15 is 0 Å². The topological polar surface area (TPSA) is 20.9 Å². The highest BCUT2D eigenvalue weighted by Gasteiger charge is 2.24. The summed E-state index contributed by atoms with van der Waals surface area (Å²) in [5, 5.41) is 0. The zero-order valence-electron chi connectivity index (χ0n) is 9.98. The Hall–Kier alpha value is -1.18. The third kappa shape index (κ3) is 2.69. The molecule has 0 unspecified atom stereocenters. The van der Waals surface area contributed by atoms with Crippen LogP contribution in [0, 0.1) is 12.8 Å². The number of ketones is 1. The van der Waals surface area contributed by atoms with Gasteiger partial charge in [0, 0.05) is 25.0 Å². The van der Waals surface area contributed by atoms with Crippen LogP contribution in [-0.4, -0.2) is 5.78 Å². The minimum atomic E-state index is 0.320. The van der Waals surface area contributed by atoms with Crippen LogP contribution in [0.5, 0.6) is 0 Å². The molecule has 0 bridgehead atoms. The molecule has 0 aliphatic heterocycles. The summed E-state index contributed by atoms with van der Waals surface area (Å²) < 4.78 is 2.05. The Kier molecular flexibility index (Phi) is 3.70. The van der Waals surface area contributed by atoms with E-state index in [-0.39, 0.29) is 0 Å².